The van der Waals surface area contributed by atoms with Crippen LogP contribution in [0.2, 0.25) is 0 Å². The highest BCUT2D eigenvalue weighted by Gasteiger charge is 2.34. The van der Waals surface area contributed by atoms with Gasteiger partial charge in [-0.05, 0) is 114 Å². The van der Waals surface area contributed by atoms with Gasteiger partial charge in [0.25, 0.3) is 5.56 Å². The number of ether oxygens (including phenoxy) is 4. The highest BCUT2D eigenvalue weighted by molar-refractivity contribution is 14.1. The summed E-state index contributed by atoms with van der Waals surface area (Å²) >= 11 is 7.05. The molecular formula is C35H31BrIN3O6S. The van der Waals surface area contributed by atoms with Crippen LogP contribution in [-0.2, 0) is 16.1 Å². The molecule has 242 valence electrons. The van der Waals surface area contributed by atoms with Gasteiger partial charge in [-0.15, -0.1) is 0 Å². The van der Waals surface area contributed by atoms with Crippen molar-refractivity contribution in [2.24, 2.45) is 4.99 Å². The van der Waals surface area contributed by atoms with Crippen molar-refractivity contribution in [3.63, 3.8) is 0 Å². The van der Waals surface area contributed by atoms with Crippen molar-refractivity contribution >= 4 is 61.9 Å². The Hall–Kier alpha value is -3.93. The van der Waals surface area contributed by atoms with Crippen LogP contribution in [0.25, 0.3) is 6.08 Å². The molecule has 47 heavy (non-hydrogen) atoms. The Morgan fingerprint density at radius 3 is 2.64 bits per heavy atom. The van der Waals surface area contributed by atoms with Crippen LogP contribution in [0.3, 0.4) is 0 Å². The van der Waals surface area contributed by atoms with Gasteiger partial charge in [-0.3, -0.25) is 9.36 Å². The molecule has 3 aromatic carbocycles. The first-order valence-corrected chi connectivity index (χ1v) is 17.4. The Balaban J connectivity index is 1.58. The van der Waals surface area contributed by atoms with Gasteiger partial charge in [-0.1, -0.05) is 35.6 Å². The monoisotopic (exact) mass is 827 g/mol. The van der Waals surface area contributed by atoms with Crippen LogP contribution >= 0.6 is 49.9 Å². The fourth-order valence-corrected chi connectivity index (χ4v) is 7.99. The average Bonchev–Trinajstić information content (AvgIpc) is 3.33. The zero-order chi connectivity index (χ0) is 33.8. The zero-order valence-corrected chi connectivity index (χ0v) is 30.9. The van der Waals surface area contributed by atoms with Crippen LogP contribution in [0.15, 0.2) is 80.1 Å². The molecule has 1 aromatic heterocycles. The first-order chi connectivity index (χ1) is 22.6. The summed E-state index contributed by atoms with van der Waals surface area (Å²) in [5.41, 5.74) is 3.22. The molecule has 1 atom stereocenters. The molecular weight excluding hydrogens is 797 g/mol. The third kappa shape index (κ3) is 7.32. The lowest BCUT2D eigenvalue weighted by Gasteiger charge is -2.25. The number of methoxy groups -OCH3 is 1. The number of carbonyl (C=O) groups is 1. The Bertz CT molecular complexity index is 2090. The van der Waals surface area contributed by atoms with E-state index in [1.165, 1.54) is 15.9 Å². The standard InChI is InChI=1S/C35H31BrIN3O6S/c1-6-44-34(42)30-20(4)39-35-40(31(30)22-11-12-27(46-19(2)3)28(16-22)43-5)33(41)29(47-35)15-21-13-25(36)32(26(37)14-21)45-18-24-10-8-7-9-23(24)17-38/h7-16,19,31H,6,18H2,1-5H3/b29-15-/t31-/m0/s1. The van der Waals surface area contributed by atoms with Gasteiger partial charge in [0.05, 0.1) is 61.3 Å². The molecule has 0 unspecified atom stereocenters. The molecule has 0 fully saturated rings. The molecule has 0 saturated heterocycles. The largest absolute Gasteiger partial charge is 0.493 e. The van der Waals surface area contributed by atoms with Gasteiger partial charge in [0.15, 0.2) is 16.3 Å². The normalized spacial score (nSPS) is 14.4. The van der Waals surface area contributed by atoms with E-state index in [4.69, 9.17) is 18.9 Å². The van der Waals surface area contributed by atoms with Gasteiger partial charge in [-0.25, -0.2) is 9.79 Å². The predicted molar refractivity (Wildman–Crippen MR) is 192 cm³/mol. The van der Waals surface area contributed by atoms with Crippen LogP contribution < -0.4 is 29.1 Å². The van der Waals surface area contributed by atoms with E-state index < -0.39 is 12.0 Å². The number of halogens is 2. The summed E-state index contributed by atoms with van der Waals surface area (Å²) in [6.45, 7) is 7.74. The van der Waals surface area contributed by atoms with Crippen LogP contribution in [0.4, 0.5) is 0 Å². The molecule has 9 nitrogen and oxygen atoms in total. The van der Waals surface area contributed by atoms with Crippen LogP contribution in [-0.4, -0.2) is 30.4 Å². The fourth-order valence-electron chi connectivity index (χ4n) is 5.17. The molecule has 4 aromatic rings. The number of benzene rings is 3. The Morgan fingerprint density at radius 1 is 1.19 bits per heavy atom. The van der Waals surface area contributed by atoms with Crippen molar-refractivity contribution in [1.29, 1.82) is 5.26 Å². The number of allylic oxidation sites excluding steroid dienone is 1. The van der Waals surface area contributed by atoms with E-state index in [-0.39, 0.29) is 30.5 Å². The van der Waals surface area contributed by atoms with Crippen molar-refractivity contribution < 1.29 is 23.7 Å². The Morgan fingerprint density at radius 2 is 1.96 bits per heavy atom. The lowest BCUT2D eigenvalue weighted by molar-refractivity contribution is -0.139. The van der Waals surface area contributed by atoms with Gasteiger partial charge in [-0.2, -0.15) is 5.26 Å². The minimum absolute atomic E-state index is 0.0753. The summed E-state index contributed by atoms with van der Waals surface area (Å²) in [7, 11) is 1.55. The van der Waals surface area contributed by atoms with E-state index in [0.717, 1.165) is 14.7 Å². The molecule has 0 aliphatic carbocycles. The second-order valence-electron chi connectivity index (χ2n) is 10.8. The summed E-state index contributed by atoms with van der Waals surface area (Å²) in [6, 6.07) is 17.9. The van der Waals surface area contributed by atoms with Crippen molar-refractivity contribution in [1.82, 2.24) is 4.57 Å². The van der Waals surface area contributed by atoms with Crippen LogP contribution in [0.5, 0.6) is 17.2 Å². The van der Waals surface area contributed by atoms with E-state index in [1.54, 1.807) is 45.2 Å². The molecule has 12 heteroatoms. The second kappa shape index (κ2) is 14.9. The maximum absolute atomic E-state index is 14.1. The average molecular weight is 829 g/mol. The topological polar surface area (TPSA) is 112 Å². The number of hydrogen-bond donors (Lipinski definition) is 0. The van der Waals surface area contributed by atoms with Gasteiger partial charge in [0.2, 0.25) is 0 Å². The van der Waals surface area contributed by atoms with Crippen molar-refractivity contribution in [3.05, 3.63) is 116 Å². The van der Waals surface area contributed by atoms with Crippen molar-refractivity contribution in [2.45, 2.75) is 46.4 Å². The summed E-state index contributed by atoms with van der Waals surface area (Å²) in [4.78, 5) is 32.6. The Kier molecular flexibility index (Phi) is 10.9. The van der Waals surface area contributed by atoms with Crippen molar-refractivity contribution in [3.8, 4) is 23.3 Å². The van der Waals surface area contributed by atoms with E-state index in [2.05, 4.69) is 49.6 Å². The van der Waals surface area contributed by atoms with Gasteiger partial charge >= 0.3 is 5.97 Å². The third-order valence-corrected chi connectivity index (χ3v) is 9.58. The van der Waals surface area contributed by atoms with Crippen LogP contribution in [0, 0.1) is 14.9 Å². The van der Waals surface area contributed by atoms with Crippen molar-refractivity contribution in [2.75, 3.05) is 13.7 Å². The van der Waals surface area contributed by atoms with Crippen LogP contribution in [0.1, 0.15) is 56.0 Å². The molecule has 2 heterocycles. The molecule has 0 bridgehead atoms. The van der Waals surface area contributed by atoms with E-state index in [0.29, 0.717) is 47.9 Å². The molecule has 0 saturated carbocycles. The number of nitriles is 1. The van der Waals surface area contributed by atoms with E-state index in [1.807, 2.05) is 50.2 Å². The van der Waals surface area contributed by atoms with Gasteiger partial charge in [0, 0.05) is 5.56 Å². The SMILES string of the molecule is CCOC(=O)C1=C(C)N=c2s/c(=C\c3cc(Br)c(OCc4ccccc4C#N)c(I)c3)c(=O)n2[C@H]1c1ccc(OC(C)C)c(OC)c1. The number of rotatable bonds is 10. The minimum Gasteiger partial charge on any atom is -0.493 e. The molecule has 0 N–H and O–H groups in total. The smallest absolute Gasteiger partial charge is 0.338 e. The number of esters is 1. The minimum atomic E-state index is -0.798. The molecule has 1 aliphatic rings. The third-order valence-electron chi connectivity index (χ3n) is 7.21. The molecule has 0 spiro atoms. The maximum atomic E-state index is 14.1. The summed E-state index contributed by atoms with van der Waals surface area (Å²) in [5, 5.41) is 9.42. The molecule has 0 radical (unpaired) electrons. The number of aromatic nitrogens is 1. The first kappa shape index (κ1) is 34.4. The first-order valence-electron chi connectivity index (χ1n) is 14.7. The van der Waals surface area contributed by atoms with E-state index >= 15 is 0 Å². The summed E-state index contributed by atoms with van der Waals surface area (Å²) < 4.78 is 26.6. The highest BCUT2D eigenvalue weighted by atomic mass is 127. The number of nitrogens with zero attached hydrogens (tertiary/aromatic N) is 3. The quantitative estimate of drug-likeness (QED) is 0.134. The number of hydrogen-bond acceptors (Lipinski definition) is 9. The maximum Gasteiger partial charge on any atom is 0.338 e. The lowest BCUT2D eigenvalue weighted by Crippen LogP contribution is -2.40. The Labute approximate surface area is 298 Å². The second-order valence-corrected chi connectivity index (χ2v) is 13.8. The zero-order valence-electron chi connectivity index (χ0n) is 26.3. The summed E-state index contributed by atoms with van der Waals surface area (Å²) in [6.07, 6.45) is 1.72. The molecule has 0 amide bonds. The predicted octanol–water partition coefficient (Wildman–Crippen LogP) is 6.41. The number of thiazole rings is 1. The summed E-state index contributed by atoms with van der Waals surface area (Å²) in [5.74, 6) is 1.12. The lowest BCUT2D eigenvalue weighted by atomic mass is 9.95. The molecule has 5 rings (SSSR count). The van der Waals surface area contributed by atoms with Gasteiger partial charge < -0.3 is 18.9 Å². The number of carbonyl (C=O) groups excluding carboxylic acids is 1. The number of fused-ring (bicyclic) bond motifs is 1. The molecule has 1 aliphatic heterocycles. The van der Waals surface area contributed by atoms with Gasteiger partial charge in [0.1, 0.15) is 12.4 Å². The highest BCUT2D eigenvalue weighted by Crippen LogP contribution is 2.37. The fraction of sp³-hybridized carbons (Fsp3) is 0.257. The van der Waals surface area contributed by atoms with E-state index in [9.17, 15) is 14.9 Å².